The van der Waals surface area contributed by atoms with Gasteiger partial charge >= 0.3 is 0 Å². The number of nitrogens with zero attached hydrogens (tertiary/aromatic N) is 1. The van der Waals surface area contributed by atoms with Crippen molar-refractivity contribution in [2.75, 3.05) is 6.54 Å². The Morgan fingerprint density at radius 3 is 2.39 bits per heavy atom. The zero-order chi connectivity index (χ0) is 13.6. The molecule has 100 valence electrons. The molecule has 0 fully saturated rings. The summed E-state index contributed by atoms with van der Waals surface area (Å²) in [5.74, 6) is 0.665. The van der Waals surface area contributed by atoms with E-state index >= 15 is 0 Å². The van der Waals surface area contributed by atoms with Crippen molar-refractivity contribution in [2.45, 2.75) is 31.1 Å². The van der Waals surface area contributed by atoms with Gasteiger partial charge in [0.25, 0.3) is 0 Å². The molecule has 0 atom stereocenters. The van der Waals surface area contributed by atoms with E-state index in [4.69, 9.17) is 10.9 Å². The molecule has 4 N–H and O–H groups in total. The first-order valence-electron chi connectivity index (χ1n) is 5.84. The second kappa shape index (κ2) is 6.51. The molecule has 0 heterocycles. The quantitative estimate of drug-likeness (QED) is 0.596. The third-order valence-electron chi connectivity index (χ3n) is 2.47. The highest BCUT2D eigenvalue weighted by Gasteiger charge is 2.06. The summed E-state index contributed by atoms with van der Waals surface area (Å²) in [6.45, 7) is 2.66. The van der Waals surface area contributed by atoms with Crippen molar-refractivity contribution in [2.24, 2.45) is 15.9 Å². The van der Waals surface area contributed by atoms with E-state index in [0.29, 0.717) is 12.4 Å². The van der Waals surface area contributed by atoms with Crippen LogP contribution in [-0.4, -0.2) is 20.8 Å². The fraction of sp³-hybridized carbons (Fsp3) is 0.417. The van der Waals surface area contributed by atoms with Gasteiger partial charge in [-0.2, -0.15) is 0 Å². The highest BCUT2D eigenvalue weighted by molar-refractivity contribution is 7.89. The number of hydrogen-bond donors (Lipinski definition) is 2. The topological polar surface area (TPSA) is 98.5 Å². The van der Waals surface area contributed by atoms with E-state index in [1.54, 1.807) is 12.1 Å². The monoisotopic (exact) mass is 269 g/mol. The first-order chi connectivity index (χ1) is 8.43. The van der Waals surface area contributed by atoms with Crippen molar-refractivity contribution < 1.29 is 8.42 Å². The van der Waals surface area contributed by atoms with Crippen LogP contribution >= 0.6 is 0 Å². The molecule has 0 aliphatic heterocycles. The fourth-order valence-corrected chi connectivity index (χ4v) is 2.03. The van der Waals surface area contributed by atoms with Crippen molar-refractivity contribution in [1.82, 2.24) is 0 Å². The van der Waals surface area contributed by atoms with Gasteiger partial charge in [-0.15, -0.1) is 0 Å². The molecule has 5 nitrogen and oxygen atoms in total. The maximum absolute atomic E-state index is 11.1. The van der Waals surface area contributed by atoms with Gasteiger partial charge in [0.1, 0.15) is 0 Å². The first kappa shape index (κ1) is 14.7. The molecule has 0 aliphatic carbocycles. The van der Waals surface area contributed by atoms with Crippen LogP contribution < -0.4 is 10.9 Å². The number of rotatable bonds is 6. The Labute approximate surface area is 108 Å². The zero-order valence-electron chi connectivity index (χ0n) is 10.5. The van der Waals surface area contributed by atoms with Gasteiger partial charge in [-0.25, -0.2) is 13.6 Å². The van der Waals surface area contributed by atoms with Crippen LogP contribution in [-0.2, 0) is 16.4 Å². The standard InChI is InChI=1S/C12H19N3O2S/c1-2-3-12(13)15-9-8-10-4-6-11(7-5-10)18(14,16)17/h4-7H,2-3,8-9H2,1H3,(H2,13,15)(H2,14,16,17). The lowest BCUT2D eigenvalue weighted by Gasteiger charge is -2.02. The molecule has 0 saturated carbocycles. The minimum atomic E-state index is -3.61. The number of amidine groups is 1. The average molecular weight is 269 g/mol. The predicted molar refractivity (Wildman–Crippen MR) is 72.9 cm³/mol. The fourth-order valence-electron chi connectivity index (χ4n) is 1.51. The third kappa shape index (κ3) is 4.85. The van der Waals surface area contributed by atoms with Gasteiger partial charge in [0.05, 0.1) is 10.7 Å². The normalized spacial score (nSPS) is 12.7. The molecule has 18 heavy (non-hydrogen) atoms. The molecule has 0 bridgehead atoms. The average Bonchev–Trinajstić information content (AvgIpc) is 2.29. The molecular weight excluding hydrogens is 250 g/mol. The van der Waals surface area contributed by atoms with E-state index in [0.717, 1.165) is 24.8 Å². The number of aliphatic imine (C=N–C) groups is 1. The van der Waals surface area contributed by atoms with Gasteiger partial charge in [0, 0.05) is 13.0 Å². The Bertz CT molecular complexity index is 507. The number of sulfonamides is 1. The maximum atomic E-state index is 11.1. The van der Waals surface area contributed by atoms with E-state index in [9.17, 15) is 8.42 Å². The van der Waals surface area contributed by atoms with Gasteiger partial charge in [-0.05, 0) is 30.5 Å². The van der Waals surface area contributed by atoms with E-state index in [-0.39, 0.29) is 4.90 Å². The first-order valence-corrected chi connectivity index (χ1v) is 7.38. The van der Waals surface area contributed by atoms with Crippen LogP contribution in [0.3, 0.4) is 0 Å². The predicted octanol–water partition coefficient (Wildman–Crippen LogP) is 1.03. The lowest BCUT2D eigenvalue weighted by molar-refractivity contribution is 0.598. The van der Waals surface area contributed by atoms with Crippen molar-refractivity contribution in [3.8, 4) is 0 Å². The van der Waals surface area contributed by atoms with Crippen LogP contribution in [0.4, 0.5) is 0 Å². The number of nitrogens with two attached hydrogens (primary N) is 2. The van der Waals surface area contributed by atoms with Gasteiger partial charge in [0.2, 0.25) is 10.0 Å². The minimum Gasteiger partial charge on any atom is -0.387 e. The molecule has 0 radical (unpaired) electrons. The van der Waals surface area contributed by atoms with Crippen LogP contribution in [0.25, 0.3) is 0 Å². The number of primary sulfonamides is 1. The zero-order valence-corrected chi connectivity index (χ0v) is 11.3. The van der Waals surface area contributed by atoms with Gasteiger partial charge in [-0.3, -0.25) is 4.99 Å². The SMILES string of the molecule is CCCC(N)=NCCc1ccc(S(N)(=O)=O)cc1. The Hall–Kier alpha value is -1.40. The molecule has 0 saturated heterocycles. The smallest absolute Gasteiger partial charge is 0.238 e. The highest BCUT2D eigenvalue weighted by Crippen LogP contribution is 2.09. The van der Waals surface area contributed by atoms with Gasteiger partial charge < -0.3 is 5.73 Å². The molecule has 1 aromatic carbocycles. The molecule has 0 amide bonds. The molecule has 0 aromatic heterocycles. The van der Waals surface area contributed by atoms with Gasteiger partial charge in [-0.1, -0.05) is 19.1 Å². The molecule has 1 aromatic rings. The summed E-state index contributed by atoms with van der Waals surface area (Å²) >= 11 is 0. The van der Waals surface area contributed by atoms with Crippen LogP contribution in [0.15, 0.2) is 34.2 Å². The lowest BCUT2D eigenvalue weighted by atomic mass is 10.1. The van der Waals surface area contributed by atoms with E-state index < -0.39 is 10.0 Å². The van der Waals surface area contributed by atoms with Crippen molar-refractivity contribution >= 4 is 15.9 Å². The minimum absolute atomic E-state index is 0.125. The molecular formula is C12H19N3O2S. The Balaban J connectivity index is 2.57. The molecule has 6 heteroatoms. The highest BCUT2D eigenvalue weighted by atomic mass is 32.2. The van der Waals surface area contributed by atoms with Gasteiger partial charge in [0.15, 0.2) is 0 Å². The summed E-state index contributed by atoms with van der Waals surface area (Å²) < 4.78 is 22.1. The molecule has 0 spiro atoms. The number of benzene rings is 1. The van der Waals surface area contributed by atoms with Crippen LogP contribution in [0.2, 0.25) is 0 Å². The summed E-state index contributed by atoms with van der Waals surface area (Å²) in [5.41, 5.74) is 6.69. The maximum Gasteiger partial charge on any atom is 0.238 e. The number of hydrogen-bond acceptors (Lipinski definition) is 3. The lowest BCUT2D eigenvalue weighted by Crippen LogP contribution is -2.12. The van der Waals surface area contributed by atoms with E-state index in [1.165, 1.54) is 12.1 Å². The Kier molecular flexibility index (Phi) is 5.30. The van der Waals surface area contributed by atoms with Crippen molar-refractivity contribution in [3.63, 3.8) is 0 Å². The Morgan fingerprint density at radius 1 is 1.28 bits per heavy atom. The van der Waals surface area contributed by atoms with Crippen LogP contribution in [0.1, 0.15) is 25.3 Å². The summed E-state index contributed by atoms with van der Waals surface area (Å²) in [6.07, 6.45) is 2.53. The largest absolute Gasteiger partial charge is 0.387 e. The van der Waals surface area contributed by atoms with Crippen molar-refractivity contribution in [1.29, 1.82) is 0 Å². The summed E-state index contributed by atoms with van der Waals surface area (Å²) in [7, 11) is -3.61. The summed E-state index contributed by atoms with van der Waals surface area (Å²) in [4.78, 5) is 4.36. The molecule has 0 aliphatic rings. The Morgan fingerprint density at radius 2 is 1.89 bits per heavy atom. The van der Waals surface area contributed by atoms with E-state index in [1.807, 2.05) is 6.92 Å². The molecule has 1 rings (SSSR count). The second-order valence-electron chi connectivity index (χ2n) is 4.06. The van der Waals surface area contributed by atoms with Crippen LogP contribution in [0.5, 0.6) is 0 Å². The van der Waals surface area contributed by atoms with Crippen LogP contribution in [0, 0.1) is 0 Å². The molecule has 0 unspecified atom stereocenters. The van der Waals surface area contributed by atoms with Crippen molar-refractivity contribution in [3.05, 3.63) is 29.8 Å². The third-order valence-corrected chi connectivity index (χ3v) is 3.40. The summed E-state index contributed by atoms with van der Waals surface area (Å²) in [6, 6.07) is 6.49. The van der Waals surface area contributed by atoms with E-state index in [2.05, 4.69) is 4.99 Å². The summed E-state index contributed by atoms with van der Waals surface area (Å²) in [5, 5.41) is 5.01. The second-order valence-corrected chi connectivity index (χ2v) is 5.62.